The molecule has 0 aliphatic carbocycles. The lowest BCUT2D eigenvalue weighted by atomic mass is 10.2. The van der Waals surface area contributed by atoms with Gasteiger partial charge in [0.2, 0.25) is 0 Å². The first-order valence-corrected chi connectivity index (χ1v) is 9.97. The van der Waals surface area contributed by atoms with Gasteiger partial charge in [0.25, 0.3) is 0 Å². The smallest absolute Gasteiger partial charge is 0.145 e. The Morgan fingerprint density at radius 2 is 2.00 bits per heavy atom. The van der Waals surface area contributed by atoms with Crippen LogP contribution in [-0.4, -0.2) is 57.3 Å². The van der Waals surface area contributed by atoms with E-state index < -0.39 is 0 Å². The van der Waals surface area contributed by atoms with Gasteiger partial charge in [0.05, 0.1) is 18.6 Å². The highest BCUT2D eigenvalue weighted by molar-refractivity contribution is 5.91. The van der Waals surface area contributed by atoms with Crippen molar-refractivity contribution in [2.75, 3.05) is 38.2 Å². The molecule has 4 rings (SSSR count). The van der Waals surface area contributed by atoms with Crippen LogP contribution in [0, 0.1) is 13.8 Å². The monoisotopic (exact) mass is 380 g/mol. The van der Waals surface area contributed by atoms with Gasteiger partial charge < -0.3 is 14.6 Å². The molecule has 0 bridgehead atoms. The van der Waals surface area contributed by atoms with Crippen molar-refractivity contribution in [3.05, 3.63) is 47.7 Å². The fourth-order valence-electron chi connectivity index (χ4n) is 3.84. The summed E-state index contributed by atoms with van der Waals surface area (Å²) in [6.45, 7) is 10.9. The van der Waals surface area contributed by atoms with Crippen LogP contribution in [0.5, 0.6) is 0 Å². The fourth-order valence-corrected chi connectivity index (χ4v) is 3.84. The SMILES string of the molecule is Cc1c(C)n(CCCN2CCOCC2)c2ncnc(NCc3cccnc3)c12. The van der Waals surface area contributed by atoms with Crippen molar-refractivity contribution in [2.45, 2.75) is 33.4 Å². The lowest BCUT2D eigenvalue weighted by Gasteiger charge is -2.26. The third kappa shape index (κ3) is 4.00. The molecular weight excluding hydrogens is 352 g/mol. The van der Waals surface area contributed by atoms with Crippen molar-refractivity contribution in [1.82, 2.24) is 24.4 Å². The second-order valence-corrected chi connectivity index (χ2v) is 7.31. The van der Waals surface area contributed by atoms with Crippen molar-refractivity contribution in [3.63, 3.8) is 0 Å². The fraction of sp³-hybridized carbons (Fsp3) is 0.476. The number of nitrogens with one attached hydrogen (secondary N) is 1. The van der Waals surface area contributed by atoms with Gasteiger partial charge in [-0.15, -0.1) is 0 Å². The molecule has 0 aromatic carbocycles. The first kappa shape index (κ1) is 18.8. The van der Waals surface area contributed by atoms with Crippen LogP contribution in [0.4, 0.5) is 5.82 Å². The molecule has 148 valence electrons. The van der Waals surface area contributed by atoms with Crippen LogP contribution in [0.2, 0.25) is 0 Å². The largest absolute Gasteiger partial charge is 0.379 e. The minimum Gasteiger partial charge on any atom is -0.379 e. The molecule has 0 unspecified atom stereocenters. The van der Waals surface area contributed by atoms with E-state index in [0.29, 0.717) is 6.54 Å². The number of anilines is 1. The molecule has 0 radical (unpaired) electrons. The van der Waals surface area contributed by atoms with E-state index in [2.05, 4.69) is 49.6 Å². The highest BCUT2D eigenvalue weighted by atomic mass is 16.5. The van der Waals surface area contributed by atoms with Crippen LogP contribution in [0.15, 0.2) is 30.9 Å². The van der Waals surface area contributed by atoms with Gasteiger partial charge in [0.15, 0.2) is 0 Å². The average Bonchev–Trinajstić information content (AvgIpc) is 2.99. The molecule has 1 saturated heterocycles. The highest BCUT2D eigenvalue weighted by Gasteiger charge is 2.17. The number of rotatable bonds is 7. The molecule has 0 saturated carbocycles. The Morgan fingerprint density at radius 3 is 2.79 bits per heavy atom. The molecule has 3 aromatic rings. The summed E-state index contributed by atoms with van der Waals surface area (Å²) in [5, 5.41) is 4.59. The van der Waals surface area contributed by atoms with E-state index in [-0.39, 0.29) is 0 Å². The lowest BCUT2D eigenvalue weighted by molar-refractivity contribution is 0.0369. The summed E-state index contributed by atoms with van der Waals surface area (Å²) in [6.07, 6.45) is 6.43. The molecule has 1 fully saturated rings. The average molecular weight is 380 g/mol. The van der Waals surface area contributed by atoms with E-state index >= 15 is 0 Å². The number of pyridine rings is 1. The normalized spacial score (nSPS) is 15.2. The minimum absolute atomic E-state index is 0.695. The van der Waals surface area contributed by atoms with E-state index in [9.17, 15) is 0 Å². The number of hydrogen-bond donors (Lipinski definition) is 1. The maximum absolute atomic E-state index is 5.44. The molecular formula is C21H28N6O. The molecule has 7 heteroatoms. The van der Waals surface area contributed by atoms with Crippen LogP contribution in [-0.2, 0) is 17.8 Å². The van der Waals surface area contributed by atoms with Gasteiger partial charge >= 0.3 is 0 Å². The van der Waals surface area contributed by atoms with Gasteiger partial charge in [-0.1, -0.05) is 6.07 Å². The van der Waals surface area contributed by atoms with Gasteiger partial charge in [0.1, 0.15) is 17.8 Å². The number of fused-ring (bicyclic) bond motifs is 1. The van der Waals surface area contributed by atoms with Gasteiger partial charge in [-0.2, -0.15) is 0 Å². The summed E-state index contributed by atoms with van der Waals surface area (Å²) in [6, 6.07) is 4.01. The molecule has 0 spiro atoms. The zero-order valence-corrected chi connectivity index (χ0v) is 16.7. The standard InChI is InChI=1S/C21H28N6O/c1-16-17(2)27(8-4-7-26-9-11-28-12-10-26)21-19(16)20(24-15-25-21)23-14-18-5-3-6-22-13-18/h3,5-6,13,15H,4,7-12,14H2,1-2H3,(H,23,24,25). The van der Waals surface area contributed by atoms with Crippen molar-refractivity contribution < 1.29 is 4.74 Å². The molecule has 7 nitrogen and oxygen atoms in total. The molecule has 1 N–H and O–H groups in total. The van der Waals surface area contributed by atoms with Crippen LogP contribution < -0.4 is 5.32 Å². The highest BCUT2D eigenvalue weighted by Crippen LogP contribution is 2.29. The number of morpholine rings is 1. The van der Waals surface area contributed by atoms with Crippen LogP contribution in [0.1, 0.15) is 23.2 Å². The number of nitrogens with zero attached hydrogens (tertiary/aromatic N) is 5. The number of aryl methyl sites for hydroxylation is 2. The van der Waals surface area contributed by atoms with Gasteiger partial charge in [-0.05, 0) is 37.5 Å². The second kappa shape index (κ2) is 8.67. The van der Waals surface area contributed by atoms with E-state index in [1.807, 2.05) is 12.3 Å². The van der Waals surface area contributed by atoms with Gasteiger partial charge in [-0.25, -0.2) is 9.97 Å². The minimum atomic E-state index is 0.695. The number of ether oxygens (including phenoxy) is 1. The second-order valence-electron chi connectivity index (χ2n) is 7.31. The van der Waals surface area contributed by atoms with Crippen molar-refractivity contribution >= 4 is 16.9 Å². The molecule has 28 heavy (non-hydrogen) atoms. The lowest BCUT2D eigenvalue weighted by Crippen LogP contribution is -2.37. The Balaban J connectivity index is 1.50. The van der Waals surface area contributed by atoms with E-state index in [0.717, 1.165) is 68.2 Å². The summed E-state index contributed by atoms with van der Waals surface area (Å²) in [7, 11) is 0. The third-order valence-corrected chi connectivity index (χ3v) is 5.55. The van der Waals surface area contributed by atoms with E-state index in [1.54, 1.807) is 12.5 Å². The first-order valence-electron chi connectivity index (χ1n) is 9.97. The Labute approximate surface area is 165 Å². The predicted molar refractivity (Wildman–Crippen MR) is 110 cm³/mol. The maximum atomic E-state index is 5.44. The van der Waals surface area contributed by atoms with Gasteiger partial charge in [-0.3, -0.25) is 9.88 Å². The molecule has 0 amide bonds. The Kier molecular flexibility index (Phi) is 5.83. The Hall–Kier alpha value is -2.51. The molecule has 1 aliphatic rings. The topological polar surface area (TPSA) is 68.1 Å². The quantitative estimate of drug-likeness (QED) is 0.680. The van der Waals surface area contributed by atoms with Crippen molar-refractivity contribution in [3.8, 4) is 0 Å². The van der Waals surface area contributed by atoms with Crippen LogP contribution >= 0.6 is 0 Å². The van der Waals surface area contributed by atoms with Crippen molar-refractivity contribution in [2.24, 2.45) is 0 Å². The zero-order valence-electron chi connectivity index (χ0n) is 16.7. The van der Waals surface area contributed by atoms with E-state index in [4.69, 9.17) is 4.74 Å². The van der Waals surface area contributed by atoms with Crippen molar-refractivity contribution in [1.29, 1.82) is 0 Å². The zero-order chi connectivity index (χ0) is 19.3. The molecule has 1 aliphatic heterocycles. The molecule has 3 aromatic heterocycles. The summed E-state index contributed by atoms with van der Waals surface area (Å²) < 4.78 is 7.77. The Morgan fingerprint density at radius 1 is 1.14 bits per heavy atom. The van der Waals surface area contributed by atoms with Crippen LogP contribution in [0.3, 0.4) is 0 Å². The predicted octanol–water partition coefficient (Wildman–Crippen LogP) is 2.78. The van der Waals surface area contributed by atoms with Crippen LogP contribution in [0.25, 0.3) is 11.0 Å². The molecule has 4 heterocycles. The summed E-state index contributed by atoms with van der Waals surface area (Å²) in [5.41, 5.74) is 4.66. The third-order valence-electron chi connectivity index (χ3n) is 5.55. The number of hydrogen-bond acceptors (Lipinski definition) is 6. The summed E-state index contributed by atoms with van der Waals surface area (Å²) in [4.78, 5) is 15.8. The first-order chi connectivity index (χ1) is 13.7. The van der Waals surface area contributed by atoms with Gasteiger partial charge in [0, 0.05) is 50.8 Å². The number of aromatic nitrogens is 4. The summed E-state index contributed by atoms with van der Waals surface area (Å²) in [5.74, 6) is 0.890. The summed E-state index contributed by atoms with van der Waals surface area (Å²) >= 11 is 0. The Bertz CT molecular complexity index is 918. The van der Waals surface area contributed by atoms with E-state index in [1.165, 1.54) is 11.3 Å². The maximum Gasteiger partial charge on any atom is 0.145 e. The molecule has 0 atom stereocenters.